The Balaban J connectivity index is 2.39. The number of H-pyrrole nitrogens is 1. The summed E-state index contributed by atoms with van der Waals surface area (Å²) in [5.74, 6) is 1.02. The average Bonchev–Trinajstić information content (AvgIpc) is 2.60. The van der Waals surface area contributed by atoms with Gasteiger partial charge in [0.15, 0.2) is 5.65 Å². The third-order valence-electron chi connectivity index (χ3n) is 2.07. The number of nitrogens with one attached hydrogen (secondary N) is 2. The molecular formula is C9H12ClN5O. The fourth-order valence-corrected chi connectivity index (χ4v) is 1.32. The van der Waals surface area contributed by atoms with Gasteiger partial charge in [0.2, 0.25) is 0 Å². The number of halogens is 1. The van der Waals surface area contributed by atoms with Gasteiger partial charge in [-0.1, -0.05) is 0 Å². The molecule has 2 aromatic heterocycles. The van der Waals surface area contributed by atoms with Crippen LogP contribution in [0.5, 0.6) is 0 Å². The van der Waals surface area contributed by atoms with Gasteiger partial charge in [0.25, 0.3) is 0 Å². The summed E-state index contributed by atoms with van der Waals surface area (Å²) < 4.78 is 1.20. The largest absolute Gasteiger partial charge is 0.364 e. The van der Waals surface area contributed by atoms with Crippen LogP contribution in [0.4, 0.5) is 5.82 Å². The highest BCUT2D eigenvalue weighted by atomic mass is 35.5. The van der Waals surface area contributed by atoms with Crippen LogP contribution in [-0.4, -0.2) is 31.2 Å². The molecule has 0 amide bonds. The Hall–Kier alpha value is -1.56. The Morgan fingerprint density at radius 3 is 3.00 bits per heavy atom. The quantitative estimate of drug-likeness (QED) is 0.782. The van der Waals surface area contributed by atoms with Crippen molar-refractivity contribution in [2.75, 3.05) is 11.2 Å². The molecule has 0 saturated heterocycles. The fraction of sp³-hybridized carbons (Fsp3) is 0.444. The summed E-state index contributed by atoms with van der Waals surface area (Å²) in [5, 5.41) is 13.3. The van der Waals surface area contributed by atoms with Crippen LogP contribution in [-0.2, 0) is 0 Å². The second kappa shape index (κ2) is 3.79. The number of rotatable bonds is 3. The van der Waals surface area contributed by atoms with E-state index in [1.807, 2.05) is 13.8 Å². The standard InChI is InChI=1S/C9H12ClN5O/c1-9(2,5-10)11-6-3-4-7-12-13-8(16)15(7)14-6/h3-4H,5H2,1-2H3,(H,11,14)(H,13,16). The van der Waals surface area contributed by atoms with Crippen LogP contribution in [0.3, 0.4) is 0 Å². The summed E-state index contributed by atoms with van der Waals surface area (Å²) in [6.45, 7) is 3.90. The van der Waals surface area contributed by atoms with Crippen molar-refractivity contribution in [1.82, 2.24) is 19.8 Å². The van der Waals surface area contributed by atoms with Crippen LogP contribution in [0.1, 0.15) is 13.8 Å². The molecule has 0 atom stereocenters. The van der Waals surface area contributed by atoms with Crippen LogP contribution in [0.25, 0.3) is 5.65 Å². The molecule has 0 fully saturated rings. The molecule has 0 aliphatic heterocycles. The van der Waals surface area contributed by atoms with E-state index in [1.54, 1.807) is 12.1 Å². The molecule has 0 saturated carbocycles. The first-order chi connectivity index (χ1) is 7.52. The van der Waals surface area contributed by atoms with Crippen LogP contribution >= 0.6 is 11.6 Å². The third kappa shape index (κ3) is 2.01. The highest BCUT2D eigenvalue weighted by molar-refractivity contribution is 6.18. The first-order valence-corrected chi connectivity index (χ1v) is 5.34. The van der Waals surface area contributed by atoms with E-state index in [-0.39, 0.29) is 11.2 Å². The third-order valence-corrected chi connectivity index (χ3v) is 2.74. The zero-order valence-electron chi connectivity index (χ0n) is 8.99. The van der Waals surface area contributed by atoms with Crippen molar-refractivity contribution in [3.8, 4) is 0 Å². The smallest absolute Gasteiger partial charge is 0.363 e. The van der Waals surface area contributed by atoms with Gasteiger partial charge < -0.3 is 5.32 Å². The molecule has 16 heavy (non-hydrogen) atoms. The molecule has 2 heterocycles. The van der Waals surface area contributed by atoms with Crippen molar-refractivity contribution in [3.05, 3.63) is 22.6 Å². The number of fused-ring (bicyclic) bond motifs is 1. The van der Waals surface area contributed by atoms with E-state index in [4.69, 9.17) is 11.6 Å². The van der Waals surface area contributed by atoms with Crippen molar-refractivity contribution >= 4 is 23.1 Å². The summed E-state index contributed by atoms with van der Waals surface area (Å²) in [4.78, 5) is 11.3. The van der Waals surface area contributed by atoms with Gasteiger partial charge in [0.1, 0.15) is 5.82 Å². The fourth-order valence-electron chi connectivity index (χ4n) is 1.25. The molecule has 0 spiro atoms. The summed E-state index contributed by atoms with van der Waals surface area (Å²) in [6.07, 6.45) is 0. The van der Waals surface area contributed by atoms with E-state index < -0.39 is 0 Å². The Morgan fingerprint density at radius 1 is 1.56 bits per heavy atom. The van der Waals surface area contributed by atoms with E-state index in [0.29, 0.717) is 17.3 Å². The van der Waals surface area contributed by atoms with Crippen molar-refractivity contribution < 1.29 is 0 Å². The number of alkyl halides is 1. The minimum absolute atomic E-state index is 0.282. The van der Waals surface area contributed by atoms with Gasteiger partial charge in [-0.3, -0.25) is 0 Å². The Kier molecular flexibility index (Phi) is 2.59. The van der Waals surface area contributed by atoms with Crippen LogP contribution in [0.2, 0.25) is 0 Å². The molecule has 2 N–H and O–H groups in total. The second-order valence-electron chi connectivity index (χ2n) is 4.16. The molecule has 0 aliphatic rings. The lowest BCUT2D eigenvalue weighted by Gasteiger charge is -2.23. The molecule has 0 radical (unpaired) electrons. The van der Waals surface area contributed by atoms with E-state index in [0.717, 1.165) is 0 Å². The van der Waals surface area contributed by atoms with Crippen LogP contribution in [0.15, 0.2) is 16.9 Å². The minimum Gasteiger partial charge on any atom is -0.363 e. The molecule has 86 valence electrons. The minimum atomic E-state index is -0.359. The normalized spacial score (nSPS) is 11.9. The SMILES string of the molecule is CC(C)(CCl)Nc1ccc2n[nH]c(=O)n2n1. The highest BCUT2D eigenvalue weighted by Gasteiger charge is 2.16. The van der Waals surface area contributed by atoms with Gasteiger partial charge in [-0.2, -0.15) is 9.61 Å². The zero-order chi connectivity index (χ0) is 11.8. The van der Waals surface area contributed by atoms with Crippen LogP contribution in [0, 0.1) is 0 Å². The number of aromatic nitrogens is 4. The Bertz CT molecular complexity index is 558. The average molecular weight is 242 g/mol. The summed E-state index contributed by atoms with van der Waals surface area (Å²) in [6, 6.07) is 3.46. The number of aromatic amines is 1. The topological polar surface area (TPSA) is 75.1 Å². The maximum atomic E-state index is 11.3. The van der Waals surface area contributed by atoms with Crippen LogP contribution < -0.4 is 11.0 Å². The van der Waals surface area contributed by atoms with Gasteiger partial charge in [-0.05, 0) is 26.0 Å². The monoisotopic (exact) mass is 241 g/mol. The van der Waals surface area contributed by atoms with Crippen molar-refractivity contribution in [2.45, 2.75) is 19.4 Å². The second-order valence-corrected chi connectivity index (χ2v) is 4.43. The molecular weight excluding hydrogens is 230 g/mol. The molecule has 0 bridgehead atoms. The molecule has 0 unspecified atom stereocenters. The lowest BCUT2D eigenvalue weighted by atomic mass is 10.1. The summed E-state index contributed by atoms with van der Waals surface area (Å²) >= 11 is 5.79. The maximum Gasteiger partial charge on any atom is 0.364 e. The Labute approximate surface area is 96.6 Å². The number of nitrogens with zero attached hydrogens (tertiary/aromatic N) is 3. The van der Waals surface area contributed by atoms with E-state index in [2.05, 4.69) is 20.6 Å². The molecule has 7 heteroatoms. The number of anilines is 1. The van der Waals surface area contributed by atoms with Gasteiger partial charge in [-0.25, -0.2) is 9.89 Å². The van der Waals surface area contributed by atoms with Gasteiger partial charge in [0.05, 0.1) is 0 Å². The number of hydrogen-bond acceptors (Lipinski definition) is 4. The first-order valence-electron chi connectivity index (χ1n) is 4.80. The lowest BCUT2D eigenvalue weighted by Crippen LogP contribution is -2.33. The molecule has 2 aromatic rings. The Morgan fingerprint density at radius 2 is 2.31 bits per heavy atom. The van der Waals surface area contributed by atoms with Crippen molar-refractivity contribution in [1.29, 1.82) is 0 Å². The van der Waals surface area contributed by atoms with E-state index >= 15 is 0 Å². The van der Waals surface area contributed by atoms with E-state index in [1.165, 1.54) is 4.52 Å². The van der Waals surface area contributed by atoms with Gasteiger partial charge in [-0.15, -0.1) is 16.7 Å². The predicted octanol–water partition coefficient (Wildman–Crippen LogP) is 0.847. The molecule has 2 rings (SSSR count). The lowest BCUT2D eigenvalue weighted by molar-refractivity contribution is 0.633. The summed E-state index contributed by atoms with van der Waals surface area (Å²) in [7, 11) is 0. The maximum absolute atomic E-state index is 11.3. The van der Waals surface area contributed by atoms with Crippen molar-refractivity contribution in [3.63, 3.8) is 0 Å². The first kappa shape index (κ1) is 10.9. The van der Waals surface area contributed by atoms with Gasteiger partial charge >= 0.3 is 5.69 Å². The van der Waals surface area contributed by atoms with Gasteiger partial charge in [0, 0.05) is 11.4 Å². The summed E-state index contributed by atoms with van der Waals surface area (Å²) in [5.41, 5.74) is -0.156. The predicted molar refractivity (Wildman–Crippen MR) is 62.0 cm³/mol. The molecule has 0 aromatic carbocycles. The molecule has 6 nitrogen and oxygen atoms in total. The zero-order valence-corrected chi connectivity index (χ0v) is 9.75. The van der Waals surface area contributed by atoms with E-state index in [9.17, 15) is 4.79 Å². The number of hydrogen-bond donors (Lipinski definition) is 2. The van der Waals surface area contributed by atoms with Crippen molar-refractivity contribution in [2.24, 2.45) is 0 Å². The highest BCUT2D eigenvalue weighted by Crippen LogP contribution is 2.13. The molecule has 0 aliphatic carbocycles.